The van der Waals surface area contributed by atoms with E-state index in [-0.39, 0.29) is 25.7 Å². The smallest absolute Gasteiger partial charge is 0.250 e. The number of carbonyl (C=O) groups is 1. The van der Waals surface area contributed by atoms with Gasteiger partial charge in [0.1, 0.15) is 30.4 Å². The Bertz CT molecular complexity index is 577. The molecule has 1 aromatic rings. The number of amides is 1. The van der Waals surface area contributed by atoms with E-state index in [1.54, 1.807) is 6.92 Å². The number of nitrogens with zero attached hydrogens (tertiary/aromatic N) is 1. The summed E-state index contributed by atoms with van der Waals surface area (Å²) < 4.78 is 24.2. The van der Waals surface area contributed by atoms with Gasteiger partial charge in [-0.25, -0.2) is 4.39 Å². The maximum Gasteiger partial charge on any atom is 0.250 e. The van der Waals surface area contributed by atoms with Gasteiger partial charge in [0.2, 0.25) is 5.91 Å². The third-order valence-electron chi connectivity index (χ3n) is 3.13. The molecule has 1 heterocycles. The summed E-state index contributed by atoms with van der Waals surface area (Å²) in [5.41, 5.74) is 5.55. The van der Waals surface area contributed by atoms with Gasteiger partial charge in [0.15, 0.2) is 0 Å². The summed E-state index contributed by atoms with van der Waals surface area (Å²) in [7, 11) is 1.42. The van der Waals surface area contributed by atoms with E-state index in [1.807, 2.05) is 0 Å². The molecule has 0 aliphatic carbocycles. The van der Waals surface area contributed by atoms with Gasteiger partial charge in [0, 0.05) is 18.4 Å². The van der Waals surface area contributed by atoms with Crippen LogP contribution in [0.2, 0.25) is 0 Å². The molecule has 114 valence electrons. The number of amidine groups is 1. The van der Waals surface area contributed by atoms with Gasteiger partial charge >= 0.3 is 0 Å². The Morgan fingerprint density at radius 3 is 3.05 bits per heavy atom. The van der Waals surface area contributed by atoms with Crippen LogP contribution in [-0.2, 0) is 19.8 Å². The first-order chi connectivity index (χ1) is 9.94. The molecule has 0 aromatic heterocycles. The number of hydrogen-bond donors (Lipinski definition) is 2. The van der Waals surface area contributed by atoms with E-state index in [0.29, 0.717) is 17.1 Å². The van der Waals surface area contributed by atoms with Gasteiger partial charge in [-0.1, -0.05) is 0 Å². The fraction of sp³-hybridized carbons (Fsp3) is 0.429. The van der Waals surface area contributed by atoms with E-state index in [0.717, 1.165) is 0 Å². The molecule has 2 rings (SSSR count). The number of ether oxygens (including phenoxy) is 2. The summed E-state index contributed by atoms with van der Waals surface area (Å²) in [4.78, 5) is 15.8. The summed E-state index contributed by atoms with van der Waals surface area (Å²) >= 11 is 0. The predicted octanol–water partition coefficient (Wildman–Crippen LogP) is 1.01. The van der Waals surface area contributed by atoms with Gasteiger partial charge in [-0.05, 0) is 25.1 Å². The molecule has 0 spiro atoms. The lowest BCUT2D eigenvalue weighted by Gasteiger charge is -2.30. The van der Waals surface area contributed by atoms with Crippen LogP contribution in [0.4, 0.5) is 10.1 Å². The third kappa shape index (κ3) is 3.56. The normalized spacial score (nSPS) is 21.8. The van der Waals surface area contributed by atoms with Gasteiger partial charge < -0.3 is 20.5 Å². The Morgan fingerprint density at radius 2 is 2.38 bits per heavy atom. The van der Waals surface area contributed by atoms with Crippen molar-refractivity contribution in [2.45, 2.75) is 12.5 Å². The second-order valence-corrected chi connectivity index (χ2v) is 5.05. The minimum Gasteiger partial charge on any atom is -0.386 e. The lowest BCUT2D eigenvalue weighted by Crippen LogP contribution is -2.38. The fourth-order valence-electron chi connectivity index (χ4n) is 2.22. The number of halogens is 1. The van der Waals surface area contributed by atoms with E-state index in [2.05, 4.69) is 10.3 Å². The molecule has 1 aromatic carbocycles. The van der Waals surface area contributed by atoms with E-state index in [4.69, 9.17) is 15.2 Å². The molecule has 0 saturated carbocycles. The molecule has 0 saturated heterocycles. The average Bonchev–Trinajstić information content (AvgIpc) is 2.41. The second kappa shape index (κ2) is 6.19. The van der Waals surface area contributed by atoms with Crippen molar-refractivity contribution in [2.75, 3.05) is 32.2 Å². The van der Waals surface area contributed by atoms with Crippen LogP contribution in [0, 0.1) is 5.82 Å². The number of rotatable bonds is 4. The molecule has 1 aliphatic rings. The largest absolute Gasteiger partial charge is 0.386 e. The van der Waals surface area contributed by atoms with Crippen molar-refractivity contribution in [3.63, 3.8) is 0 Å². The number of methoxy groups -OCH3 is 1. The Morgan fingerprint density at radius 1 is 1.62 bits per heavy atom. The van der Waals surface area contributed by atoms with Crippen molar-refractivity contribution >= 4 is 17.4 Å². The molecule has 21 heavy (non-hydrogen) atoms. The molecule has 1 atom stereocenters. The van der Waals surface area contributed by atoms with E-state index in [9.17, 15) is 9.18 Å². The summed E-state index contributed by atoms with van der Waals surface area (Å²) in [6, 6.07) is 4.30. The van der Waals surface area contributed by atoms with Crippen LogP contribution in [0.15, 0.2) is 23.2 Å². The van der Waals surface area contributed by atoms with Crippen LogP contribution in [0.3, 0.4) is 0 Å². The Balaban J connectivity index is 2.31. The SMILES string of the molecule is COCC(=O)Nc1ccc(F)c([C@]2(C)COCC(N)=N2)c1. The molecule has 1 aliphatic heterocycles. The number of nitrogens with two attached hydrogens (primary N) is 1. The van der Waals surface area contributed by atoms with E-state index >= 15 is 0 Å². The zero-order valence-corrected chi connectivity index (χ0v) is 12.0. The highest BCUT2D eigenvalue weighted by molar-refractivity contribution is 5.91. The maximum atomic E-state index is 14.1. The Kier molecular flexibility index (Phi) is 4.54. The molecule has 7 heteroatoms. The van der Waals surface area contributed by atoms with Crippen LogP contribution >= 0.6 is 0 Å². The number of hydrogen-bond acceptors (Lipinski definition) is 5. The van der Waals surface area contributed by atoms with Crippen LogP contribution in [0.25, 0.3) is 0 Å². The highest BCUT2D eigenvalue weighted by Gasteiger charge is 2.32. The monoisotopic (exact) mass is 295 g/mol. The predicted molar refractivity (Wildman–Crippen MR) is 76.7 cm³/mol. The van der Waals surface area contributed by atoms with E-state index < -0.39 is 11.4 Å². The van der Waals surface area contributed by atoms with Gasteiger partial charge in [0.05, 0.1) is 6.61 Å². The molecular formula is C14H18FN3O3. The van der Waals surface area contributed by atoms with Crippen LogP contribution in [-0.4, -0.2) is 38.7 Å². The fourth-order valence-corrected chi connectivity index (χ4v) is 2.22. The highest BCUT2D eigenvalue weighted by Crippen LogP contribution is 2.32. The van der Waals surface area contributed by atoms with E-state index in [1.165, 1.54) is 25.3 Å². The van der Waals surface area contributed by atoms with Crippen LogP contribution in [0.1, 0.15) is 12.5 Å². The van der Waals surface area contributed by atoms with Crippen molar-refractivity contribution in [2.24, 2.45) is 10.7 Å². The molecule has 0 unspecified atom stereocenters. The minimum absolute atomic E-state index is 0.0712. The third-order valence-corrected chi connectivity index (χ3v) is 3.13. The molecule has 0 bridgehead atoms. The lowest BCUT2D eigenvalue weighted by molar-refractivity contribution is -0.119. The summed E-state index contributed by atoms with van der Waals surface area (Å²) in [5, 5.41) is 2.63. The molecule has 1 amide bonds. The highest BCUT2D eigenvalue weighted by atomic mass is 19.1. The van der Waals surface area contributed by atoms with Gasteiger partial charge in [-0.15, -0.1) is 0 Å². The zero-order chi connectivity index (χ0) is 15.5. The van der Waals surface area contributed by atoms with Crippen molar-refractivity contribution in [3.8, 4) is 0 Å². The van der Waals surface area contributed by atoms with Crippen molar-refractivity contribution in [1.29, 1.82) is 0 Å². The topological polar surface area (TPSA) is 85.9 Å². The number of carbonyl (C=O) groups excluding carboxylic acids is 1. The van der Waals surface area contributed by atoms with Gasteiger partial charge in [0.25, 0.3) is 0 Å². The second-order valence-electron chi connectivity index (χ2n) is 5.05. The molecule has 3 N–H and O–H groups in total. The summed E-state index contributed by atoms with van der Waals surface area (Å²) in [5.74, 6) is -0.426. The lowest BCUT2D eigenvalue weighted by atomic mass is 9.92. The first-order valence-corrected chi connectivity index (χ1v) is 6.45. The number of anilines is 1. The molecule has 6 nitrogen and oxygen atoms in total. The molecular weight excluding hydrogens is 277 g/mol. The maximum absolute atomic E-state index is 14.1. The van der Waals surface area contributed by atoms with Gasteiger partial charge in [-0.2, -0.15) is 0 Å². The number of aliphatic imine (C=N–C) groups is 1. The zero-order valence-electron chi connectivity index (χ0n) is 12.0. The van der Waals surface area contributed by atoms with Crippen LogP contribution < -0.4 is 11.1 Å². The average molecular weight is 295 g/mol. The number of benzene rings is 1. The van der Waals surface area contributed by atoms with Gasteiger partial charge in [-0.3, -0.25) is 9.79 Å². The summed E-state index contributed by atoms with van der Waals surface area (Å²) in [6.07, 6.45) is 0. The van der Waals surface area contributed by atoms with Crippen molar-refractivity contribution < 1.29 is 18.7 Å². The van der Waals surface area contributed by atoms with Crippen molar-refractivity contribution in [1.82, 2.24) is 0 Å². The standard InChI is InChI=1S/C14H18FN3O3/c1-14(8-21-6-12(16)18-14)10-5-9(3-4-11(10)15)17-13(19)7-20-2/h3-5H,6-8H2,1-2H3,(H2,16,18)(H,17,19)/t14-/m0/s1. The molecule has 0 radical (unpaired) electrons. The number of nitrogens with one attached hydrogen (secondary N) is 1. The van der Waals surface area contributed by atoms with Crippen LogP contribution in [0.5, 0.6) is 0 Å². The first kappa shape index (κ1) is 15.4. The minimum atomic E-state index is -0.908. The Hall–Kier alpha value is -1.99. The quantitative estimate of drug-likeness (QED) is 0.868. The summed E-state index contributed by atoms with van der Waals surface area (Å²) in [6.45, 7) is 2.12. The first-order valence-electron chi connectivity index (χ1n) is 6.45. The molecule has 0 fully saturated rings. The Labute approximate surface area is 122 Å². The van der Waals surface area contributed by atoms with Crippen molar-refractivity contribution in [3.05, 3.63) is 29.6 Å².